The van der Waals surface area contributed by atoms with Gasteiger partial charge in [-0.05, 0) is 79.7 Å². The molecule has 1 aromatic heterocycles. The second-order valence-corrected chi connectivity index (χ2v) is 13.8. The molecule has 4 bridgehead atoms. The minimum absolute atomic E-state index is 0.0794. The van der Waals surface area contributed by atoms with Crippen LogP contribution in [0.1, 0.15) is 50.1 Å². The molecule has 0 radical (unpaired) electrons. The van der Waals surface area contributed by atoms with Crippen LogP contribution in [-0.2, 0) is 10.0 Å². The Bertz CT molecular complexity index is 1540. The number of hydrogen-bond donors (Lipinski definition) is 4. The first-order chi connectivity index (χ1) is 19.2. The van der Waals surface area contributed by atoms with Gasteiger partial charge in [0.1, 0.15) is 0 Å². The maximum Gasteiger partial charge on any atom is 0.333 e. The molecule has 2 aliphatic carbocycles. The number of carbonyl (C=O) groups is 1. The summed E-state index contributed by atoms with van der Waals surface area (Å²) in [7, 11) is -3.36. The monoisotopic (exact) mass is 562 g/mol. The number of aromatic nitrogens is 2. The summed E-state index contributed by atoms with van der Waals surface area (Å²) in [6.07, 6.45) is 9.91. The summed E-state index contributed by atoms with van der Waals surface area (Å²) in [5, 5.41) is 16.8. The molecule has 0 spiro atoms. The Hall–Kier alpha value is -3.41. The molecule has 2 aromatic carbocycles. The van der Waals surface area contributed by atoms with Gasteiger partial charge >= 0.3 is 6.03 Å². The smallest absolute Gasteiger partial charge is 0.333 e. The number of aliphatic hydroxyl groups is 1. The van der Waals surface area contributed by atoms with E-state index in [1.165, 1.54) is 11.1 Å². The Balaban J connectivity index is 1.02. The zero-order valence-corrected chi connectivity index (χ0v) is 23.1. The average Bonchev–Trinajstić information content (AvgIpc) is 3.49. The molecule has 5 aliphatic rings. The predicted molar refractivity (Wildman–Crippen MR) is 152 cm³/mol. The van der Waals surface area contributed by atoms with Gasteiger partial charge in [0.05, 0.1) is 36.6 Å². The van der Waals surface area contributed by atoms with E-state index >= 15 is 0 Å². The van der Waals surface area contributed by atoms with E-state index in [1.54, 1.807) is 24.3 Å². The number of anilines is 2. The van der Waals surface area contributed by atoms with Crippen molar-refractivity contribution in [2.75, 3.05) is 16.3 Å². The van der Waals surface area contributed by atoms with Crippen molar-refractivity contribution in [3.63, 3.8) is 0 Å². The highest BCUT2D eigenvalue weighted by Crippen LogP contribution is 2.58. The fourth-order valence-corrected chi connectivity index (χ4v) is 8.59. The molecule has 8 rings (SSSR count). The zero-order valence-electron chi connectivity index (χ0n) is 22.3. The molecule has 4 atom stereocenters. The summed E-state index contributed by atoms with van der Waals surface area (Å²) in [6.45, 7) is 0. The summed E-state index contributed by atoms with van der Waals surface area (Å²) >= 11 is 0. The van der Waals surface area contributed by atoms with Crippen LogP contribution in [0.5, 0.6) is 0 Å². The number of sulfonamides is 1. The van der Waals surface area contributed by atoms with Crippen LogP contribution in [0.4, 0.5) is 16.2 Å². The summed E-state index contributed by atoms with van der Waals surface area (Å²) in [4.78, 5) is 17.3. The van der Waals surface area contributed by atoms with E-state index in [4.69, 9.17) is 0 Å². The Kier molecular flexibility index (Phi) is 5.95. The molecule has 3 aromatic rings. The number of piperidine rings is 2. The third-order valence-electron chi connectivity index (χ3n) is 9.40. The lowest BCUT2D eigenvalue weighted by Gasteiger charge is -2.62. The molecule has 40 heavy (non-hydrogen) atoms. The van der Waals surface area contributed by atoms with Crippen molar-refractivity contribution in [2.24, 2.45) is 11.3 Å². The molecule has 10 nitrogen and oxygen atoms in total. The molecule has 2 amide bonds. The average molecular weight is 563 g/mol. The normalized spacial score (nSPS) is 29.1. The van der Waals surface area contributed by atoms with Crippen molar-refractivity contribution in [2.45, 2.75) is 62.8 Å². The highest BCUT2D eigenvalue weighted by Gasteiger charge is 2.58. The maximum atomic E-state index is 12.9. The summed E-state index contributed by atoms with van der Waals surface area (Å²) in [6, 6.07) is 15.1. The van der Waals surface area contributed by atoms with Crippen molar-refractivity contribution in [3.8, 4) is 11.3 Å². The topological polar surface area (TPSA) is 129 Å². The third-order valence-corrected chi connectivity index (χ3v) is 10.0. The number of hydrazine groups is 1. The molecule has 2 saturated heterocycles. The quantitative estimate of drug-likeness (QED) is 0.345. The molecule has 2 saturated carbocycles. The highest BCUT2D eigenvalue weighted by molar-refractivity contribution is 7.92. The van der Waals surface area contributed by atoms with Crippen molar-refractivity contribution in [1.29, 1.82) is 0 Å². The van der Waals surface area contributed by atoms with Crippen LogP contribution in [0.2, 0.25) is 0 Å². The van der Waals surface area contributed by atoms with E-state index < -0.39 is 16.1 Å². The first kappa shape index (κ1) is 25.6. The van der Waals surface area contributed by atoms with Crippen LogP contribution in [0.15, 0.2) is 61.1 Å². The van der Waals surface area contributed by atoms with Crippen LogP contribution in [0.25, 0.3) is 11.3 Å². The number of amides is 2. The molecule has 11 heteroatoms. The summed E-state index contributed by atoms with van der Waals surface area (Å²) in [5.41, 5.74) is 7.52. The van der Waals surface area contributed by atoms with Gasteiger partial charge < -0.3 is 15.0 Å². The second-order valence-electron chi connectivity index (χ2n) is 12.1. The van der Waals surface area contributed by atoms with Gasteiger partial charge in [0.15, 0.2) is 0 Å². The lowest BCUT2D eigenvalue weighted by atomic mass is 9.53. The van der Waals surface area contributed by atoms with E-state index in [-0.39, 0.29) is 29.6 Å². The number of fused-ring (bicyclic) bond motifs is 3. The maximum absolute atomic E-state index is 12.9. The molecule has 4 heterocycles. The van der Waals surface area contributed by atoms with Gasteiger partial charge in [-0.3, -0.25) is 10.1 Å². The van der Waals surface area contributed by atoms with E-state index in [1.807, 2.05) is 12.5 Å². The minimum Gasteiger partial charge on any atom is -0.392 e. The number of hydrogen-bond acceptors (Lipinski definition) is 6. The molecule has 4 fully saturated rings. The van der Waals surface area contributed by atoms with Crippen LogP contribution < -0.4 is 15.5 Å². The van der Waals surface area contributed by atoms with E-state index in [0.717, 1.165) is 44.1 Å². The van der Waals surface area contributed by atoms with Crippen molar-refractivity contribution < 1.29 is 18.3 Å². The number of rotatable bonds is 7. The van der Waals surface area contributed by atoms with Crippen molar-refractivity contribution in [3.05, 3.63) is 66.6 Å². The Labute approximate surface area is 233 Å². The van der Waals surface area contributed by atoms with Gasteiger partial charge in [-0.1, -0.05) is 24.3 Å². The number of benzene rings is 2. The van der Waals surface area contributed by atoms with E-state index in [9.17, 15) is 18.3 Å². The van der Waals surface area contributed by atoms with Gasteiger partial charge in [0.25, 0.3) is 0 Å². The summed E-state index contributed by atoms with van der Waals surface area (Å²) < 4.78 is 27.5. The van der Waals surface area contributed by atoms with Gasteiger partial charge in [-0.25, -0.2) is 23.2 Å². The Morgan fingerprint density at radius 2 is 1.77 bits per heavy atom. The summed E-state index contributed by atoms with van der Waals surface area (Å²) in [5.74, 6) is 0.558. The molecular formula is C29H34N6O4S. The minimum atomic E-state index is -3.36. The molecule has 210 valence electrons. The van der Waals surface area contributed by atoms with Gasteiger partial charge in [-0.15, -0.1) is 0 Å². The fourth-order valence-electron chi connectivity index (χ4n) is 8.02. The first-order valence-corrected chi connectivity index (χ1v) is 15.8. The highest BCUT2D eigenvalue weighted by atomic mass is 32.2. The van der Waals surface area contributed by atoms with Crippen LogP contribution in [-0.4, -0.2) is 58.6 Å². The molecule has 4 unspecified atom stereocenters. The van der Waals surface area contributed by atoms with Crippen LogP contribution in [0.3, 0.4) is 0 Å². The van der Waals surface area contributed by atoms with Crippen LogP contribution in [0, 0.1) is 11.3 Å². The Morgan fingerprint density at radius 1 is 1.07 bits per heavy atom. The Morgan fingerprint density at radius 3 is 2.50 bits per heavy atom. The second kappa shape index (κ2) is 9.32. The lowest BCUT2D eigenvalue weighted by molar-refractivity contribution is -0.165. The van der Waals surface area contributed by atoms with Gasteiger partial charge in [-0.2, -0.15) is 0 Å². The predicted octanol–water partition coefficient (Wildman–Crippen LogP) is 3.95. The number of aliphatic hydroxyl groups excluding tert-OH is 1. The number of nitrogens with one attached hydrogen (secondary N) is 3. The van der Waals surface area contributed by atoms with Gasteiger partial charge in [0, 0.05) is 29.0 Å². The van der Waals surface area contributed by atoms with E-state index in [0.29, 0.717) is 23.7 Å². The zero-order chi connectivity index (χ0) is 27.6. The number of nitrogens with zero attached hydrogens (tertiary/aromatic N) is 3. The standard InChI is InChI=1S/C29H34N6O4S/c1-40(38,39)33-20-8-6-19(7-9-20)31-28(37)32-35-21-10-18-11-22(35)15-29(13-18,14-21)27(36)12-25-23-4-2-3-5-24(23)26-16-30-17-34(25)26/h2-9,16-18,21-22,25,27,33,36H,10-15H2,1H3,(H2,31,32,37). The molecule has 3 aliphatic heterocycles. The largest absolute Gasteiger partial charge is 0.392 e. The van der Waals surface area contributed by atoms with Crippen molar-refractivity contribution in [1.82, 2.24) is 20.0 Å². The van der Waals surface area contributed by atoms with E-state index in [2.05, 4.69) is 54.3 Å². The molecular weight excluding hydrogens is 528 g/mol. The molecule has 4 N–H and O–H groups in total. The number of carbonyl (C=O) groups excluding carboxylic acids is 1. The van der Waals surface area contributed by atoms with Gasteiger partial charge in [0.2, 0.25) is 10.0 Å². The first-order valence-electron chi connectivity index (χ1n) is 13.9. The number of urea groups is 1. The SMILES string of the molecule is CS(=O)(=O)Nc1ccc(NC(=O)NN2C3CC4CC2CC(C(O)CC2c5ccccc5-c5cncn52)(C4)C3)cc1. The number of imidazole rings is 1. The lowest BCUT2D eigenvalue weighted by Crippen LogP contribution is -2.68. The fraction of sp³-hybridized carbons (Fsp3) is 0.448. The third kappa shape index (κ3) is 4.46. The van der Waals surface area contributed by atoms with Crippen LogP contribution >= 0.6 is 0 Å². The van der Waals surface area contributed by atoms with Crippen molar-refractivity contribution >= 4 is 27.4 Å².